The molecule has 0 radical (unpaired) electrons. The van der Waals surface area contributed by atoms with Gasteiger partial charge >= 0.3 is 11.9 Å². The summed E-state index contributed by atoms with van der Waals surface area (Å²) in [5, 5.41) is 11.8. The van der Waals surface area contributed by atoms with Gasteiger partial charge in [0.05, 0.1) is 40.3 Å². The second-order valence-electron chi connectivity index (χ2n) is 25.1. The third kappa shape index (κ3) is 75.1. The number of likely N-dealkylation sites (N-methyl/N-ethyl adjacent to an activating group) is 1. The van der Waals surface area contributed by atoms with Crippen molar-refractivity contribution in [3.05, 3.63) is 207 Å². The lowest BCUT2D eigenvalue weighted by atomic mass is 10.0. The maximum atomic E-state index is 12.9. The van der Waals surface area contributed by atoms with Crippen LogP contribution < -0.4 is 5.11 Å². The number of aliphatic carboxylic acids is 1. The molecule has 0 saturated heterocycles. The van der Waals surface area contributed by atoms with E-state index in [1.54, 1.807) is 0 Å². The summed E-state index contributed by atoms with van der Waals surface area (Å²) in [4.78, 5) is 37.5. The molecule has 0 rings (SSSR count). The number of hydrogen-bond donors (Lipinski definition) is 0. The Morgan fingerprint density at radius 2 is 0.579 bits per heavy atom. The highest BCUT2D eigenvalue weighted by Gasteiger charge is 2.22. The van der Waals surface area contributed by atoms with Crippen LogP contribution in [0, 0.1) is 0 Å². The maximum absolute atomic E-state index is 12.9. The molecule has 0 N–H and O–H groups in total. The summed E-state index contributed by atoms with van der Waals surface area (Å²) < 4.78 is 22.7. The Bertz CT molecular complexity index is 2320. The quantitative estimate of drug-likeness (QED) is 0.0195. The van der Waals surface area contributed by atoms with Crippen LogP contribution in [0.25, 0.3) is 0 Å². The Kier molecular flexibility index (Phi) is 68.9. The predicted octanol–water partition coefficient (Wildman–Crippen LogP) is 22.6. The lowest BCUT2D eigenvalue weighted by Gasteiger charge is -2.26. The Morgan fingerprint density at radius 3 is 0.874 bits per heavy atom. The summed E-state index contributed by atoms with van der Waals surface area (Å²) in [7, 11) is 5.90. The van der Waals surface area contributed by atoms with E-state index in [1.807, 2.05) is 21.1 Å². The third-order valence-corrected chi connectivity index (χ3v) is 15.0. The molecule has 2 atom stereocenters. The minimum absolute atomic E-state index is 0.127. The molecule has 0 aliphatic carbocycles. The first-order valence-corrected chi connectivity index (χ1v) is 37.2. The van der Waals surface area contributed by atoms with E-state index in [0.29, 0.717) is 23.9 Å². The molecule has 0 fully saturated rings. The molecule has 0 aliphatic rings. The Balaban J connectivity index is 4.18. The lowest BCUT2D eigenvalue weighted by Crippen LogP contribution is -2.44. The van der Waals surface area contributed by atoms with Gasteiger partial charge in [0.1, 0.15) is 13.2 Å². The fraction of sp³-hybridized carbons (Fsp3) is 0.570. The van der Waals surface area contributed by atoms with Crippen LogP contribution in [0.1, 0.15) is 258 Å². The fourth-order valence-corrected chi connectivity index (χ4v) is 9.44. The van der Waals surface area contributed by atoms with Crippen molar-refractivity contribution in [3.63, 3.8) is 0 Å². The first-order valence-electron chi connectivity index (χ1n) is 37.2. The van der Waals surface area contributed by atoms with Gasteiger partial charge in [0.15, 0.2) is 12.4 Å². The van der Waals surface area contributed by atoms with Crippen LogP contribution in [0.5, 0.6) is 0 Å². The van der Waals surface area contributed by atoms with E-state index in [1.165, 1.54) is 83.5 Å². The van der Waals surface area contributed by atoms with Crippen LogP contribution in [0.3, 0.4) is 0 Å². The molecule has 9 heteroatoms. The third-order valence-electron chi connectivity index (χ3n) is 15.0. The number of carbonyl (C=O) groups excluding carboxylic acids is 3. The highest BCUT2D eigenvalue weighted by Crippen LogP contribution is 2.16. The van der Waals surface area contributed by atoms with Crippen molar-refractivity contribution in [2.24, 2.45) is 0 Å². The smallest absolute Gasteiger partial charge is 0.306 e. The molecule has 0 aromatic rings. The van der Waals surface area contributed by atoms with Crippen molar-refractivity contribution in [3.8, 4) is 0 Å². The number of nitrogens with zero attached hydrogens (tertiary/aromatic N) is 1. The van der Waals surface area contributed by atoms with Gasteiger partial charge < -0.3 is 33.3 Å². The molecular weight excluding hydrogens is 1170 g/mol. The van der Waals surface area contributed by atoms with Crippen molar-refractivity contribution < 1.29 is 42.9 Å². The highest BCUT2D eigenvalue weighted by atomic mass is 16.7. The summed E-state index contributed by atoms with van der Waals surface area (Å²) in [6.07, 6.45) is 112. The van der Waals surface area contributed by atoms with E-state index in [-0.39, 0.29) is 38.6 Å². The van der Waals surface area contributed by atoms with Gasteiger partial charge in [0.25, 0.3) is 0 Å². The number of quaternary nitrogens is 1. The standard InChI is InChI=1S/C86H135NO8/c1-6-8-10-12-14-16-18-20-22-24-26-28-30-32-34-36-37-38-39-40-41-42-43-44-45-46-47-49-50-52-54-56-58-60-62-64-66-68-70-72-74-76-83(88)93-80-82(81-94-86(85(90)91)92-79-78-87(3,4)5)95-84(89)77-75-73-71-69-67-65-63-61-59-57-55-53-51-48-35-33-31-29-27-25-23-21-19-17-15-13-11-9-7-2/h8-11,14-17,20-23,26-29,32-35,37-38,40-41,43-44,51,53,57,59,63,65,69,71,82,86H,6-7,12-13,18-19,24-25,30-31,36,39,42,45-50,52,54-56,58,60-62,64,66-68,70,72-81H2,1-5H3/b10-8-,11-9-,16-14-,17-15-,22-20-,23-21-,28-26-,29-27-,34-32-,35-33-,38-37-,41-40-,44-43-,53-51-,59-57-,65-63-,71-69-. The van der Waals surface area contributed by atoms with Gasteiger partial charge in [-0.05, 0) is 141 Å². The summed E-state index contributed by atoms with van der Waals surface area (Å²) >= 11 is 0. The van der Waals surface area contributed by atoms with Crippen molar-refractivity contribution in [2.75, 3.05) is 47.5 Å². The van der Waals surface area contributed by atoms with E-state index in [2.05, 4.69) is 220 Å². The van der Waals surface area contributed by atoms with Gasteiger partial charge in [0.2, 0.25) is 0 Å². The minimum Gasteiger partial charge on any atom is -0.545 e. The number of esters is 2. The molecule has 0 aliphatic heterocycles. The van der Waals surface area contributed by atoms with Crippen molar-refractivity contribution in [1.29, 1.82) is 0 Å². The van der Waals surface area contributed by atoms with Crippen LogP contribution in [-0.2, 0) is 33.3 Å². The van der Waals surface area contributed by atoms with Crippen LogP contribution in [-0.4, -0.2) is 82.3 Å². The van der Waals surface area contributed by atoms with E-state index in [9.17, 15) is 19.5 Å². The van der Waals surface area contributed by atoms with Gasteiger partial charge in [-0.3, -0.25) is 9.59 Å². The van der Waals surface area contributed by atoms with Crippen LogP contribution in [0.4, 0.5) is 0 Å². The second kappa shape index (κ2) is 73.7. The van der Waals surface area contributed by atoms with E-state index in [0.717, 1.165) is 135 Å². The molecule has 0 saturated carbocycles. The molecule has 0 amide bonds. The zero-order valence-electron chi connectivity index (χ0n) is 60.7. The van der Waals surface area contributed by atoms with Gasteiger partial charge in [0, 0.05) is 12.8 Å². The number of allylic oxidation sites excluding steroid dienone is 34. The predicted molar refractivity (Wildman–Crippen MR) is 407 cm³/mol. The van der Waals surface area contributed by atoms with Crippen molar-refractivity contribution in [1.82, 2.24) is 0 Å². The first kappa shape index (κ1) is 88.9. The van der Waals surface area contributed by atoms with Crippen molar-refractivity contribution in [2.45, 2.75) is 270 Å². The summed E-state index contributed by atoms with van der Waals surface area (Å²) in [5.74, 6) is -2.38. The lowest BCUT2D eigenvalue weighted by molar-refractivity contribution is -0.870. The zero-order valence-corrected chi connectivity index (χ0v) is 60.7. The Labute approximate surface area is 582 Å². The molecular formula is C86H135NO8. The topological polar surface area (TPSA) is 111 Å². The number of hydrogen-bond acceptors (Lipinski definition) is 8. The molecule has 0 heterocycles. The number of ether oxygens (including phenoxy) is 4. The van der Waals surface area contributed by atoms with Gasteiger partial charge in [-0.25, -0.2) is 0 Å². The van der Waals surface area contributed by atoms with Gasteiger partial charge in [-0.2, -0.15) is 0 Å². The molecule has 9 nitrogen and oxygen atoms in total. The number of rotatable bonds is 66. The van der Waals surface area contributed by atoms with Crippen LogP contribution >= 0.6 is 0 Å². The summed E-state index contributed by atoms with van der Waals surface area (Å²) in [5.41, 5.74) is 0. The van der Waals surface area contributed by atoms with E-state index in [4.69, 9.17) is 18.9 Å². The largest absolute Gasteiger partial charge is 0.545 e. The number of carboxylic acid groups (broad SMARTS) is 1. The molecule has 0 spiro atoms. The molecule has 532 valence electrons. The Morgan fingerprint density at radius 1 is 0.316 bits per heavy atom. The average Bonchev–Trinajstić information content (AvgIpc) is 2.86. The summed E-state index contributed by atoms with van der Waals surface area (Å²) in [6, 6.07) is 0. The second-order valence-corrected chi connectivity index (χ2v) is 25.1. The molecule has 2 unspecified atom stereocenters. The number of carboxylic acids is 1. The van der Waals surface area contributed by atoms with Gasteiger partial charge in [-0.1, -0.05) is 310 Å². The highest BCUT2D eigenvalue weighted by molar-refractivity contribution is 5.70. The number of unbranched alkanes of at least 4 members (excludes halogenated alkanes) is 17. The number of carbonyl (C=O) groups is 3. The molecule has 0 bridgehead atoms. The SMILES string of the molecule is CC/C=C\C/C=C\C/C=C\C/C=C\C/C=C\C/C=C\C/C=C\C/C=C\C/C=C\CCCC(=O)OC(COC(=O)CCCCCCCCCCCCCCCCCC/C=C\C/C=C\C/C=C\C/C=C\C/C=C\C/C=C\C/C=C\C/C=C\CC)COC(OCC[N+](C)(C)C)C(=O)[O-]. The minimum atomic E-state index is -1.65. The molecule has 0 aromatic heterocycles. The Hall–Kier alpha value is -6.13. The van der Waals surface area contributed by atoms with Crippen LogP contribution in [0.2, 0.25) is 0 Å². The fourth-order valence-electron chi connectivity index (χ4n) is 9.44. The summed E-state index contributed by atoms with van der Waals surface area (Å²) in [6.45, 7) is 4.43. The zero-order chi connectivity index (χ0) is 69.0. The normalized spacial score (nSPS) is 13.9. The molecule has 0 aromatic carbocycles. The van der Waals surface area contributed by atoms with Gasteiger partial charge in [-0.15, -0.1) is 0 Å². The van der Waals surface area contributed by atoms with E-state index < -0.39 is 24.3 Å². The van der Waals surface area contributed by atoms with E-state index >= 15 is 0 Å². The molecule has 95 heavy (non-hydrogen) atoms. The first-order chi connectivity index (χ1) is 46.6. The van der Waals surface area contributed by atoms with Crippen LogP contribution in [0.15, 0.2) is 207 Å². The maximum Gasteiger partial charge on any atom is 0.306 e. The average molecular weight is 1310 g/mol. The monoisotopic (exact) mass is 1310 g/mol. The van der Waals surface area contributed by atoms with Crippen molar-refractivity contribution >= 4 is 17.9 Å².